The Balaban J connectivity index is 1.11. The van der Waals surface area contributed by atoms with Crippen molar-refractivity contribution in [3.8, 4) is 44.5 Å². The third-order valence-corrected chi connectivity index (χ3v) is 21.1. The maximum atomic E-state index is 2.67. The highest BCUT2D eigenvalue weighted by atomic mass is 28.3. The zero-order valence-electron chi connectivity index (χ0n) is 36.0. The minimum absolute atomic E-state index is 0.0723. The third kappa shape index (κ3) is 4.74. The van der Waals surface area contributed by atoms with Gasteiger partial charge >= 0.3 is 0 Å². The lowest BCUT2D eigenvalue weighted by Crippen LogP contribution is -2.60. The molecule has 1 nitrogen and oxygen atoms in total. The highest BCUT2D eigenvalue weighted by Gasteiger charge is 2.48. The van der Waals surface area contributed by atoms with Crippen molar-refractivity contribution in [3.05, 3.63) is 198 Å². The van der Waals surface area contributed by atoms with Crippen LogP contribution in [-0.2, 0) is 10.8 Å². The molecule has 0 atom stereocenters. The highest BCUT2D eigenvalue weighted by Crippen LogP contribution is 2.55. The van der Waals surface area contributed by atoms with Gasteiger partial charge in [-0.05, 0) is 130 Å². The van der Waals surface area contributed by atoms with Gasteiger partial charge in [0, 0.05) is 33.0 Å². The van der Waals surface area contributed by atoms with Gasteiger partial charge in [-0.1, -0.05) is 186 Å². The minimum Gasteiger partial charge on any atom is -0.309 e. The molecule has 2 aliphatic carbocycles. The number of benzene rings is 9. The fourth-order valence-corrected chi connectivity index (χ4v) is 18.3. The van der Waals surface area contributed by atoms with E-state index < -0.39 is 8.07 Å². The van der Waals surface area contributed by atoms with Gasteiger partial charge < -0.3 is 4.90 Å². The minimum atomic E-state index is -1.92. The molecule has 9 aromatic carbocycles. The number of anilines is 3. The second-order valence-corrected chi connectivity index (χ2v) is 23.8. The first-order valence-corrected chi connectivity index (χ1v) is 25.1. The molecule has 62 heavy (non-hydrogen) atoms. The van der Waals surface area contributed by atoms with Gasteiger partial charge in [-0.3, -0.25) is 0 Å². The maximum absolute atomic E-state index is 2.67. The fourth-order valence-electron chi connectivity index (χ4n) is 12.8. The summed E-state index contributed by atoms with van der Waals surface area (Å²) in [6.07, 6.45) is 2.65. The van der Waals surface area contributed by atoms with E-state index in [9.17, 15) is 0 Å². The topological polar surface area (TPSA) is 3.24 Å². The molecule has 0 bridgehead atoms. The van der Waals surface area contributed by atoms with Gasteiger partial charge in [-0.25, -0.2) is 0 Å². The molecule has 1 fully saturated rings. The molecule has 0 aromatic heterocycles. The standard InChI is InChI=1S/C60H49NSi/c1-59(2)49-21-9-7-17-41(49)43-30-27-39(36-51(43)59)38-28-32-47-48(35-38)57(40-29-31-44-42-18-8-10-22-50(42)60(3,4)52(44)37-40)45-19-5-6-20-46(45)58(47)61-53-23-11-13-25-55(53)62(33-15-16-34-62)56-26-14-12-24-54(56)61/h5-14,17-32,35-37H,15-16,33-34H2,1-4H3. The summed E-state index contributed by atoms with van der Waals surface area (Å²) in [7, 11) is -1.92. The Morgan fingerprint density at radius 2 is 0.839 bits per heavy atom. The number of rotatable bonds is 3. The van der Waals surface area contributed by atoms with Crippen LogP contribution in [0.1, 0.15) is 62.8 Å². The Bertz CT molecular complexity index is 3330. The highest BCUT2D eigenvalue weighted by molar-refractivity contribution is 7.05. The number of para-hydroxylation sites is 2. The van der Waals surface area contributed by atoms with Crippen LogP contribution >= 0.6 is 0 Å². The van der Waals surface area contributed by atoms with Crippen molar-refractivity contribution in [2.45, 2.75) is 63.5 Å². The van der Waals surface area contributed by atoms with Gasteiger partial charge in [-0.15, -0.1) is 0 Å². The van der Waals surface area contributed by atoms with Gasteiger partial charge in [0.25, 0.3) is 0 Å². The van der Waals surface area contributed by atoms with Crippen LogP contribution in [0.5, 0.6) is 0 Å². The normalized spacial score (nSPS) is 16.8. The lowest BCUT2D eigenvalue weighted by molar-refractivity contribution is 0.660. The first-order chi connectivity index (χ1) is 30.3. The van der Waals surface area contributed by atoms with E-state index in [1.807, 2.05) is 0 Å². The molecule has 1 saturated heterocycles. The molecule has 2 aliphatic heterocycles. The maximum Gasteiger partial charge on any atom is 0.123 e. The van der Waals surface area contributed by atoms with E-state index in [2.05, 4.69) is 209 Å². The van der Waals surface area contributed by atoms with Crippen LogP contribution in [0.2, 0.25) is 12.1 Å². The monoisotopic (exact) mass is 811 g/mol. The van der Waals surface area contributed by atoms with Crippen LogP contribution in [-0.4, -0.2) is 8.07 Å². The largest absolute Gasteiger partial charge is 0.309 e. The second-order valence-electron chi connectivity index (χ2n) is 19.6. The van der Waals surface area contributed by atoms with Gasteiger partial charge in [0.2, 0.25) is 0 Å². The summed E-state index contributed by atoms with van der Waals surface area (Å²) in [6.45, 7) is 9.58. The van der Waals surface area contributed by atoms with E-state index in [-0.39, 0.29) is 10.8 Å². The summed E-state index contributed by atoms with van der Waals surface area (Å²) in [5.41, 5.74) is 20.0. The lowest BCUT2D eigenvalue weighted by Gasteiger charge is -2.43. The summed E-state index contributed by atoms with van der Waals surface area (Å²) >= 11 is 0. The molecule has 0 saturated carbocycles. The van der Waals surface area contributed by atoms with Gasteiger partial charge in [0.05, 0.1) is 5.69 Å². The van der Waals surface area contributed by atoms with E-state index >= 15 is 0 Å². The van der Waals surface area contributed by atoms with E-state index in [1.54, 1.807) is 10.4 Å². The first kappa shape index (κ1) is 36.2. The molecule has 0 radical (unpaired) electrons. The van der Waals surface area contributed by atoms with Gasteiger partial charge in [0.15, 0.2) is 0 Å². The lowest BCUT2D eigenvalue weighted by atomic mass is 9.80. The zero-order valence-corrected chi connectivity index (χ0v) is 37.0. The van der Waals surface area contributed by atoms with E-state index in [1.165, 1.54) is 130 Å². The fraction of sp³-hybridized carbons (Fsp3) is 0.167. The van der Waals surface area contributed by atoms with Crippen molar-refractivity contribution in [2.24, 2.45) is 0 Å². The Morgan fingerprint density at radius 3 is 1.47 bits per heavy atom. The summed E-state index contributed by atoms with van der Waals surface area (Å²) < 4.78 is 0. The Morgan fingerprint density at radius 1 is 0.387 bits per heavy atom. The summed E-state index contributed by atoms with van der Waals surface area (Å²) in [6, 6.07) is 70.8. The summed E-state index contributed by atoms with van der Waals surface area (Å²) in [5.74, 6) is 0. The molecule has 298 valence electrons. The molecule has 0 N–H and O–H groups in total. The van der Waals surface area contributed by atoms with Crippen LogP contribution in [0.4, 0.5) is 17.1 Å². The van der Waals surface area contributed by atoms with Crippen LogP contribution in [0.25, 0.3) is 66.1 Å². The van der Waals surface area contributed by atoms with Gasteiger partial charge in [0.1, 0.15) is 8.07 Å². The zero-order chi connectivity index (χ0) is 41.5. The second kappa shape index (κ2) is 12.8. The van der Waals surface area contributed by atoms with E-state index in [4.69, 9.17) is 0 Å². The number of nitrogens with zero attached hydrogens (tertiary/aromatic N) is 1. The average molecular weight is 812 g/mol. The Kier molecular flexibility index (Phi) is 7.46. The first-order valence-electron chi connectivity index (χ1n) is 22.7. The predicted molar refractivity (Wildman–Crippen MR) is 266 cm³/mol. The molecular weight excluding hydrogens is 763 g/mol. The van der Waals surface area contributed by atoms with Crippen LogP contribution in [0.15, 0.2) is 176 Å². The quantitative estimate of drug-likeness (QED) is 0.127. The molecular formula is C60H49NSi. The Hall–Kier alpha value is -6.48. The Labute approximate surface area is 366 Å². The summed E-state index contributed by atoms with van der Waals surface area (Å²) in [5, 5.41) is 8.37. The average Bonchev–Trinajstić information content (AvgIpc) is 3.96. The molecule has 2 heterocycles. The van der Waals surface area contributed by atoms with Crippen molar-refractivity contribution in [2.75, 3.05) is 4.90 Å². The molecule has 2 heteroatoms. The molecule has 1 spiro atoms. The van der Waals surface area contributed by atoms with Crippen LogP contribution in [0, 0.1) is 0 Å². The molecule has 0 unspecified atom stereocenters. The van der Waals surface area contributed by atoms with Crippen molar-refractivity contribution in [1.29, 1.82) is 0 Å². The van der Waals surface area contributed by atoms with Crippen LogP contribution < -0.4 is 15.3 Å². The van der Waals surface area contributed by atoms with Crippen LogP contribution in [0.3, 0.4) is 0 Å². The van der Waals surface area contributed by atoms with Crippen molar-refractivity contribution < 1.29 is 0 Å². The summed E-state index contributed by atoms with van der Waals surface area (Å²) in [4.78, 5) is 2.67. The van der Waals surface area contributed by atoms with Crippen molar-refractivity contribution >= 4 is 57.1 Å². The number of hydrogen-bond acceptors (Lipinski definition) is 1. The van der Waals surface area contributed by atoms with Crippen molar-refractivity contribution in [3.63, 3.8) is 0 Å². The predicted octanol–water partition coefficient (Wildman–Crippen LogP) is 15.1. The molecule has 0 amide bonds. The number of hydrogen-bond donors (Lipinski definition) is 0. The number of fused-ring (bicyclic) bond motifs is 12. The third-order valence-electron chi connectivity index (χ3n) is 15.8. The van der Waals surface area contributed by atoms with E-state index in [0.29, 0.717) is 0 Å². The smallest absolute Gasteiger partial charge is 0.123 e. The van der Waals surface area contributed by atoms with Gasteiger partial charge in [-0.2, -0.15) is 0 Å². The molecule has 4 aliphatic rings. The SMILES string of the molecule is CC1(C)c2ccccc2-c2ccc(-c3ccc4c(N5c6ccccc6[Si]6(CCCC6)c6ccccc65)c5ccccc5c(-c5ccc6c(c5)C(C)(C)c5ccccc5-6)c4c3)cc21. The molecule has 13 rings (SSSR count). The molecule has 9 aromatic rings. The van der Waals surface area contributed by atoms with Crippen molar-refractivity contribution in [1.82, 2.24) is 0 Å². The van der Waals surface area contributed by atoms with E-state index in [0.717, 1.165) is 0 Å².